The van der Waals surface area contributed by atoms with Crippen LogP contribution in [0.5, 0.6) is 5.75 Å². The first-order chi connectivity index (χ1) is 19.4. The Bertz CT molecular complexity index is 1740. The number of alkyl halides is 3. The molecule has 0 fully saturated rings. The fourth-order valence-corrected chi connectivity index (χ4v) is 4.28. The van der Waals surface area contributed by atoms with Crippen molar-refractivity contribution in [3.05, 3.63) is 96.7 Å². The molecule has 0 spiro atoms. The molecule has 1 aromatic heterocycles. The number of benzene rings is 3. The van der Waals surface area contributed by atoms with Crippen molar-refractivity contribution in [2.24, 2.45) is 5.10 Å². The van der Waals surface area contributed by atoms with E-state index >= 15 is 0 Å². The lowest BCUT2D eigenvalue weighted by Crippen LogP contribution is -2.27. The Balaban J connectivity index is 1.93. The zero-order valence-corrected chi connectivity index (χ0v) is 23.0. The molecule has 14 heteroatoms. The molecule has 0 bridgehead atoms. The predicted molar refractivity (Wildman–Crippen MR) is 147 cm³/mol. The number of carbonyl (C=O) groups is 1. The summed E-state index contributed by atoms with van der Waals surface area (Å²) in [5.41, 5.74) is -2.02. The molecular formula is C27H20BrF3N4O6. The van der Waals surface area contributed by atoms with Crippen LogP contribution in [-0.2, 0) is 15.7 Å². The number of nitrogens with zero attached hydrogens (tertiary/aromatic N) is 4. The molecule has 0 aliphatic heterocycles. The van der Waals surface area contributed by atoms with Gasteiger partial charge in [0.2, 0.25) is 5.75 Å². The van der Waals surface area contributed by atoms with E-state index in [-0.39, 0.29) is 44.7 Å². The summed E-state index contributed by atoms with van der Waals surface area (Å²) in [6, 6.07) is 13.0. The van der Waals surface area contributed by atoms with E-state index in [1.807, 2.05) is 0 Å². The first-order valence-electron chi connectivity index (χ1n) is 12.0. The molecule has 0 unspecified atom stereocenters. The van der Waals surface area contributed by atoms with Crippen molar-refractivity contribution in [2.75, 3.05) is 6.61 Å². The smallest absolute Gasteiger partial charge is 0.416 e. The molecule has 4 rings (SSSR count). The third-order valence-corrected chi connectivity index (χ3v) is 6.14. The third kappa shape index (κ3) is 6.43. The number of nitro groups is 1. The average Bonchev–Trinajstić information content (AvgIpc) is 2.93. The van der Waals surface area contributed by atoms with Crippen LogP contribution in [-0.4, -0.2) is 39.5 Å². The van der Waals surface area contributed by atoms with E-state index in [4.69, 9.17) is 9.47 Å². The van der Waals surface area contributed by atoms with Crippen molar-refractivity contribution in [3.63, 3.8) is 0 Å². The van der Waals surface area contributed by atoms with Gasteiger partial charge in [-0.1, -0.05) is 40.2 Å². The van der Waals surface area contributed by atoms with Gasteiger partial charge in [0.25, 0.3) is 5.56 Å². The normalized spacial score (nSPS) is 12.4. The second kappa shape index (κ2) is 11.9. The molecular weight excluding hydrogens is 613 g/mol. The summed E-state index contributed by atoms with van der Waals surface area (Å²) in [4.78, 5) is 41.1. The Labute approximate surface area is 238 Å². The van der Waals surface area contributed by atoms with Crippen molar-refractivity contribution >= 4 is 44.7 Å². The van der Waals surface area contributed by atoms with Gasteiger partial charge in [0, 0.05) is 21.7 Å². The maximum atomic E-state index is 13.5. The topological polar surface area (TPSA) is 126 Å². The summed E-state index contributed by atoms with van der Waals surface area (Å²) in [7, 11) is 0. The minimum absolute atomic E-state index is 0.0164. The SMILES string of the molecule is CCOC(=O)[C@@H](C)Oc1c(C=Nn2c(-c3cccc(C(F)(F)F)c3)nc3ccccc3c2=O)cc(Br)cc1[N+](=O)[O-]. The van der Waals surface area contributed by atoms with Gasteiger partial charge >= 0.3 is 17.8 Å². The van der Waals surface area contributed by atoms with Crippen LogP contribution in [0.4, 0.5) is 18.9 Å². The van der Waals surface area contributed by atoms with E-state index in [1.54, 1.807) is 19.1 Å². The van der Waals surface area contributed by atoms with E-state index in [9.17, 15) is 32.9 Å². The van der Waals surface area contributed by atoms with Crippen LogP contribution in [0.1, 0.15) is 25.0 Å². The van der Waals surface area contributed by atoms with Gasteiger partial charge in [-0.25, -0.2) is 9.78 Å². The van der Waals surface area contributed by atoms with Crippen LogP contribution < -0.4 is 10.3 Å². The third-order valence-electron chi connectivity index (χ3n) is 5.69. The predicted octanol–water partition coefficient (Wildman–Crippen LogP) is 5.97. The quantitative estimate of drug-likeness (QED) is 0.101. The number of hydrogen-bond donors (Lipinski definition) is 0. The summed E-state index contributed by atoms with van der Waals surface area (Å²) in [6.45, 7) is 2.98. The van der Waals surface area contributed by atoms with Crippen LogP contribution in [0.2, 0.25) is 0 Å². The number of nitro benzene ring substituents is 1. The number of hydrogen-bond acceptors (Lipinski definition) is 8. The minimum atomic E-state index is -4.65. The molecule has 0 N–H and O–H groups in total. The van der Waals surface area contributed by atoms with E-state index in [0.29, 0.717) is 0 Å². The molecule has 10 nitrogen and oxygen atoms in total. The van der Waals surface area contributed by atoms with Crippen LogP contribution >= 0.6 is 15.9 Å². The Morgan fingerprint density at radius 2 is 1.93 bits per heavy atom. The molecule has 0 saturated carbocycles. The van der Waals surface area contributed by atoms with Crippen LogP contribution in [0, 0.1) is 10.1 Å². The van der Waals surface area contributed by atoms with Gasteiger partial charge in [-0.3, -0.25) is 14.9 Å². The highest BCUT2D eigenvalue weighted by molar-refractivity contribution is 9.10. The maximum Gasteiger partial charge on any atom is 0.416 e. The van der Waals surface area contributed by atoms with E-state index in [2.05, 4.69) is 26.0 Å². The molecule has 1 atom stereocenters. The van der Waals surface area contributed by atoms with Gasteiger partial charge in [-0.15, -0.1) is 0 Å². The van der Waals surface area contributed by atoms with Gasteiger partial charge in [0.15, 0.2) is 11.9 Å². The largest absolute Gasteiger partial charge is 0.471 e. The van der Waals surface area contributed by atoms with Gasteiger partial charge in [-0.05, 0) is 44.2 Å². The first kappa shape index (κ1) is 29.4. The summed E-state index contributed by atoms with van der Waals surface area (Å²) in [5.74, 6) is -1.32. The number of rotatable bonds is 8. The zero-order chi connectivity index (χ0) is 29.9. The van der Waals surface area contributed by atoms with Gasteiger partial charge in [0.05, 0.1) is 34.2 Å². The molecule has 212 valence electrons. The summed E-state index contributed by atoms with van der Waals surface area (Å²) < 4.78 is 51.9. The fourth-order valence-electron chi connectivity index (χ4n) is 3.82. The maximum absolute atomic E-state index is 13.5. The number of esters is 1. The molecule has 0 aliphatic rings. The fraction of sp³-hybridized carbons (Fsp3) is 0.185. The van der Waals surface area contributed by atoms with Gasteiger partial charge in [0.1, 0.15) is 0 Å². The summed E-state index contributed by atoms with van der Waals surface area (Å²) in [5, 5.41) is 16.1. The second-order valence-electron chi connectivity index (χ2n) is 8.51. The van der Waals surface area contributed by atoms with Crippen molar-refractivity contribution in [1.82, 2.24) is 9.66 Å². The van der Waals surface area contributed by atoms with E-state index in [1.165, 1.54) is 37.3 Å². The molecule has 0 amide bonds. The molecule has 4 aromatic rings. The number of carbonyl (C=O) groups excluding carboxylic acids is 1. The number of para-hydroxylation sites is 1. The number of ether oxygens (including phenoxy) is 2. The molecule has 0 aliphatic carbocycles. The molecule has 0 radical (unpaired) electrons. The number of halogens is 4. The van der Waals surface area contributed by atoms with E-state index < -0.39 is 40.0 Å². The lowest BCUT2D eigenvalue weighted by atomic mass is 10.1. The average molecular weight is 633 g/mol. The van der Waals surface area contributed by atoms with Crippen LogP contribution in [0.3, 0.4) is 0 Å². The molecule has 0 saturated heterocycles. The van der Waals surface area contributed by atoms with Crippen LogP contribution in [0.15, 0.2) is 75.0 Å². The number of fused-ring (bicyclic) bond motifs is 1. The molecule has 1 heterocycles. The lowest BCUT2D eigenvalue weighted by molar-refractivity contribution is -0.386. The molecule has 41 heavy (non-hydrogen) atoms. The van der Waals surface area contributed by atoms with Crippen molar-refractivity contribution in [2.45, 2.75) is 26.1 Å². The summed E-state index contributed by atoms with van der Waals surface area (Å²) in [6.07, 6.45) is -4.84. The Hall–Kier alpha value is -4.59. The van der Waals surface area contributed by atoms with Gasteiger partial charge in [-0.2, -0.15) is 22.9 Å². The standard InChI is InChI=1S/C27H20BrF3N4O6/c1-3-40-26(37)15(2)41-23-17(12-19(28)13-22(23)35(38)39)14-32-34-24(16-7-6-8-18(11-16)27(29,30)31)33-21-10-5-4-9-20(21)25(34)36/h4-15H,3H2,1-2H3/t15-/m1/s1. The highest BCUT2D eigenvalue weighted by Crippen LogP contribution is 2.35. The Morgan fingerprint density at radius 1 is 1.20 bits per heavy atom. The Morgan fingerprint density at radius 3 is 2.61 bits per heavy atom. The lowest BCUT2D eigenvalue weighted by Gasteiger charge is -2.16. The monoisotopic (exact) mass is 632 g/mol. The number of aromatic nitrogens is 2. The zero-order valence-electron chi connectivity index (χ0n) is 21.4. The highest BCUT2D eigenvalue weighted by atomic mass is 79.9. The Kier molecular flexibility index (Phi) is 8.52. The summed E-state index contributed by atoms with van der Waals surface area (Å²) >= 11 is 3.19. The van der Waals surface area contributed by atoms with Crippen molar-refractivity contribution < 1.29 is 32.4 Å². The van der Waals surface area contributed by atoms with Crippen molar-refractivity contribution in [1.29, 1.82) is 0 Å². The van der Waals surface area contributed by atoms with E-state index in [0.717, 1.165) is 29.1 Å². The minimum Gasteiger partial charge on any atom is -0.471 e. The van der Waals surface area contributed by atoms with Crippen LogP contribution in [0.25, 0.3) is 22.3 Å². The van der Waals surface area contributed by atoms with Gasteiger partial charge < -0.3 is 9.47 Å². The molecule has 3 aromatic carbocycles. The first-order valence-corrected chi connectivity index (χ1v) is 12.7. The highest BCUT2D eigenvalue weighted by Gasteiger charge is 2.31. The second-order valence-corrected chi connectivity index (χ2v) is 9.42. The van der Waals surface area contributed by atoms with Crippen molar-refractivity contribution in [3.8, 4) is 17.1 Å².